The Morgan fingerprint density at radius 1 is 1.19 bits per heavy atom. The van der Waals surface area contributed by atoms with Gasteiger partial charge >= 0.3 is 0 Å². The third kappa shape index (κ3) is 3.46. The van der Waals surface area contributed by atoms with Gasteiger partial charge in [0.05, 0.1) is 23.7 Å². The van der Waals surface area contributed by atoms with Gasteiger partial charge in [0, 0.05) is 31.9 Å². The molecule has 136 valence electrons. The molecule has 2 aromatic heterocycles. The van der Waals surface area contributed by atoms with E-state index in [-0.39, 0.29) is 5.91 Å². The lowest BCUT2D eigenvalue weighted by atomic mass is 9.77. The third-order valence-electron chi connectivity index (χ3n) is 5.88. The number of pyridine rings is 1. The third-order valence-corrected chi connectivity index (χ3v) is 5.88. The van der Waals surface area contributed by atoms with Crippen molar-refractivity contribution < 1.29 is 4.79 Å². The van der Waals surface area contributed by atoms with E-state index in [1.165, 1.54) is 19.3 Å². The smallest absolute Gasteiger partial charge is 0.255 e. The summed E-state index contributed by atoms with van der Waals surface area (Å²) in [6.07, 6.45) is 8.65. The molecule has 0 unspecified atom stereocenters. The van der Waals surface area contributed by atoms with Gasteiger partial charge in [-0.15, -0.1) is 0 Å². The van der Waals surface area contributed by atoms with Crippen LogP contribution < -0.4 is 0 Å². The molecule has 2 aromatic rings. The summed E-state index contributed by atoms with van der Waals surface area (Å²) in [5.41, 5.74) is 1.74. The molecule has 3 atom stereocenters. The van der Waals surface area contributed by atoms with Crippen LogP contribution in [0, 0.1) is 11.8 Å². The van der Waals surface area contributed by atoms with Gasteiger partial charge in [0.2, 0.25) is 0 Å². The van der Waals surface area contributed by atoms with Crippen molar-refractivity contribution >= 4 is 5.91 Å². The normalized spacial score (nSPS) is 25.3. The largest absolute Gasteiger partial charge is 0.338 e. The van der Waals surface area contributed by atoms with Gasteiger partial charge in [-0.3, -0.25) is 14.7 Å². The van der Waals surface area contributed by atoms with Crippen molar-refractivity contribution in [3.8, 4) is 0 Å². The standard InChI is InChI=1S/C20H25N5O/c1-24(13-17-6-2-3-9-21-17)19-7-4-5-16-12-25(14-18(16)19)20(26)15-8-10-22-23-11-15/h2-3,6,8-11,16,18-19H,4-5,7,12-14H2,1H3/t16-,18+,19-/m1/s1. The number of fused-ring (bicyclic) bond motifs is 1. The Balaban J connectivity index is 1.45. The molecule has 0 aromatic carbocycles. The molecule has 4 rings (SSSR count). The Morgan fingerprint density at radius 2 is 2.12 bits per heavy atom. The minimum atomic E-state index is 0.0837. The van der Waals surface area contributed by atoms with Crippen LogP contribution in [0.4, 0.5) is 0 Å². The number of nitrogens with zero attached hydrogens (tertiary/aromatic N) is 5. The molecule has 3 heterocycles. The predicted molar refractivity (Wildman–Crippen MR) is 98.3 cm³/mol. The van der Waals surface area contributed by atoms with E-state index in [2.05, 4.69) is 33.2 Å². The molecule has 26 heavy (non-hydrogen) atoms. The first-order chi connectivity index (χ1) is 12.7. The second kappa shape index (κ2) is 7.50. The fourth-order valence-electron chi connectivity index (χ4n) is 4.62. The first kappa shape index (κ1) is 17.1. The van der Waals surface area contributed by atoms with Crippen LogP contribution in [0.3, 0.4) is 0 Å². The van der Waals surface area contributed by atoms with Gasteiger partial charge in [-0.25, -0.2) is 0 Å². The van der Waals surface area contributed by atoms with E-state index < -0.39 is 0 Å². The number of rotatable bonds is 4. The van der Waals surface area contributed by atoms with Crippen LogP contribution in [-0.2, 0) is 6.54 Å². The first-order valence-electron chi connectivity index (χ1n) is 9.38. The van der Waals surface area contributed by atoms with Crippen LogP contribution in [0.2, 0.25) is 0 Å². The van der Waals surface area contributed by atoms with Gasteiger partial charge in [-0.05, 0) is 49.9 Å². The van der Waals surface area contributed by atoms with Crippen LogP contribution in [0.25, 0.3) is 0 Å². The van der Waals surface area contributed by atoms with E-state index in [9.17, 15) is 4.79 Å². The van der Waals surface area contributed by atoms with Gasteiger partial charge in [0.25, 0.3) is 5.91 Å². The molecule has 2 fully saturated rings. The van der Waals surface area contributed by atoms with Gasteiger partial charge in [-0.1, -0.05) is 12.5 Å². The molecule has 0 bridgehead atoms. The molecule has 6 heteroatoms. The fourth-order valence-corrected chi connectivity index (χ4v) is 4.62. The van der Waals surface area contributed by atoms with Crippen LogP contribution in [0.15, 0.2) is 42.9 Å². The van der Waals surface area contributed by atoms with E-state index >= 15 is 0 Å². The topological polar surface area (TPSA) is 62.2 Å². The number of amides is 1. The Labute approximate surface area is 154 Å². The molecular formula is C20H25N5O. The summed E-state index contributed by atoms with van der Waals surface area (Å²) in [4.78, 5) is 21.7. The first-order valence-corrected chi connectivity index (χ1v) is 9.38. The van der Waals surface area contributed by atoms with Crippen molar-refractivity contribution in [3.63, 3.8) is 0 Å². The predicted octanol–water partition coefficient (Wildman–Crippen LogP) is 2.24. The zero-order valence-corrected chi connectivity index (χ0v) is 15.2. The molecule has 0 spiro atoms. The molecule has 1 saturated heterocycles. The maximum atomic E-state index is 12.8. The monoisotopic (exact) mass is 351 g/mol. The van der Waals surface area contributed by atoms with Crippen LogP contribution >= 0.6 is 0 Å². The Kier molecular flexibility index (Phi) is 4.93. The summed E-state index contributed by atoms with van der Waals surface area (Å²) in [5.74, 6) is 1.22. The van der Waals surface area contributed by atoms with E-state index in [0.29, 0.717) is 23.4 Å². The summed E-state index contributed by atoms with van der Waals surface area (Å²) in [5, 5.41) is 7.61. The van der Waals surface area contributed by atoms with E-state index in [0.717, 1.165) is 25.3 Å². The number of carbonyl (C=O) groups excluding carboxylic acids is 1. The quantitative estimate of drug-likeness (QED) is 0.845. The second-order valence-electron chi connectivity index (χ2n) is 7.50. The van der Waals surface area contributed by atoms with Crippen molar-refractivity contribution in [2.24, 2.45) is 11.8 Å². The van der Waals surface area contributed by atoms with Gasteiger partial charge in [0.15, 0.2) is 0 Å². The van der Waals surface area contributed by atoms with Gasteiger partial charge < -0.3 is 4.90 Å². The molecule has 1 amide bonds. The molecule has 6 nitrogen and oxygen atoms in total. The van der Waals surface area contributed by atoms with Crippen molar-refractivity contribution in [2.75, 3.05) is 20.1 Å². The van der Waals surface area contributed by atoms with E-state index in [4.69, 9.17) is 0 Å². The summed E-state index contributed by atoms with van der Waals surface area (Å²) in [7, 11) is 2.19. The number of hydrogen-bond acceptors (Lipinski definition) is 5. The van der Waals surface area contributed by atoms with Crippen LogP contribution in [0.1, 0.15) is 35.3 Å². The van der Waals surface area contributed by atoms with Gasteiger partial charge in [-0.2, -0.15) is 10.2 Å². The van der Waals surface area contributed by atoms with Crippen molar-refractivity contribution in [1.29, 1.82) is 0 Å². The lowest BCUT2D eigenvalue weighted by molar-refractivity contribution is 0.0769. The van der Waals surface area contributed by atoms with Crippen molar-refractivity contribution in [2.45, 2.75) is 31.8 Å². The minimum Gasteiger partial charge on any atom is -0.338 e. The highest BCUT2D eigenvalue weighted by Gasteiger charge is 2.43. The highest BCUT2D eigenvalue weighted by molar-refractivity contribution is 5.94. The molecule has 1 aliphatic heterocycles. The summed E-state index contributed by atoms with van der Waals surface area (Å²) >= 11 is 0. The van der Waals surface area contributed by atoms with Crippen molar-refractivity contribution in [1.82, 2.24) is 25.0 Å². The number of carbonyl (C=O) groups is 1. The van der Waals surface area contributed by atoms with E-state index in [1.807, 2.05) is 23.2 Å². The maximum absolute atomic E-state index is 12.8. The number of aromatic nitrogens is 3. The average molecular weight is 351 g/mol. The Bertz CT molecular complexity index is 738. The number of hydrogen-bond donors (Lipinski definition) is 0. The summed E-state index contributed by atoms with van der Waals surface area (Å²) in [6, 6.07) is 8.33. The van der Waals surface area contributed by atoms with Crippen molar-refractivity contribution in [3.05, 3.63) is 54.1 Å². The summed E-state index contributed by atoms with van der Waals surface area (Å²) in [6.45, 7) is 2.56. The van der Waals surface area contributed by atoms with Crippen LogP contribution in [-0.4, -0.2) is 57.1 Å². The highest BCUT2D eigenvalue weighted by atomic mass is 16.2. The zero-order valence-electron chi connectivity index (χ0n) is 15.2. The van der Waals surface area contributed by atoms with Gasteiger partial charge in [0.1, 0.15) is 0 Å². The number of likely N-dealkylation sites (tertiary alicyclic amines) is 1. The minimum absolute atomic E-state index is 0.0837. The lowest BCUT2D eigenvalue weighted by Crippen LogP contribution is -2.43. The SMILES string of the molecule is CN(Cc1ccccn1)[C@@H]1CCC[C@@H]2CN(C(=O)c3ccnnc3)C[C@@H]21. The molecule has 1 aliphatic carbocycles. The Morgan fingerprint density at radius 3 is 2.88 bits per heavy atom. The highest BCUT2D eigenvalue weighted by Crippen LogP contribution is 2.39. The second-order valence-corrected chi connectivity index (χ2v) is 7.50. The van der Waals surface area contributed by atoms with E-state index in [1.54, 1.807) is 18.5 Å². The average Bonchev–Trinajstić information content (AvgIpc) is 3.13. The summed E-state index contributed by atoms with van der Waals surface area (Å²) < 4.78 is 0. The molecule has 0 radical (unpaired) electrons. The maximum Gasteiger partial charge on any atom is 0.255 e. The Hall–Kier alpha value is -2.34. The molecule has 1 saturated carbocycles. The lowest BCUT2D eigenvalue weighted by Gasteiger charge is -2.38. The molecule has 2 aliphatic rings. The molecule has 0 N–H and O–H groups in total. The fraction of sp³-hybridized carbons (Fsp3) is 0.500. The zero-order chi connectivity index (χ0) is 17.9. The van der Waals surface area contributed by atoms with Crippen LogP contribution in [0.5, 0.6) is 0 Å². The molecular weight excluding hydrogens is 326 g/mol.